The Kier molecular flexibility index (Phi) is 6.66. The molecule has 0 aliphatic rings. The first-order chi connectivity index (χ1) is 27.8. The summed E-state index contributed by atoms with van der Waals surface area (Å²) in [5, 5.41) is 15.3. The molecule has 56 heavy (non-hydrogen) atoms. The lowest BCUT2D eigenvalue weighted by atomic mass is 9.91. The fourth-order valence-electron chi connectivity index (χ4n) is 9.37. The molecule has 12 aromatic rings. The van der Waals surface area contributed by atoms with E-state index in [-0.39, 0.29) is 0 Å². The van der Waals surface area contributed by atoms with Gasteiger partial charge in [-0.05, 0) is 109 Å². The van der Waals surface area contributed by atoms with Gasteiger partial charge in [0.15, 0.2) is 0 Å². The standard InChI is InChI=1S/C54H34N2/c1-2-17-42(18-3-1)55(48-21-9-13-36-11-4-6-19-44(36)48)43-29-25-35(26-30-43)40-28-32-50-47(33-40)54-46-31-27-39-16-8-15-38-23-24-41(53(46)52(38)39)34-51(54)56(50)49-22-10-14-37-12-5-7-20-45(37)49/h1-34H. The Hall–Kier alpha value is -7.42. The second-order valence-electron chi connectivity index (χ2n) is 14.9. The molecule has 0 bridgehead atoms. The van der Waals surface area contributed by atoms with Crippen LogP contribution >= 0.6 is 0 Å². The van der Waals surface area contributed by atoms with Gasteiger partial charge in [-0.2, -0.15) is 0 Å². The van der Waals surface area contributed by atoms with Crippen molar-refractivity contribution in [1.29, 1.82) is 0 Å². The zero-order valence-electron chi connectivity index (χ0n) is 30.5. The van der Waals surface area contributed by atoms with Crippen LogP contribution in [0.2, 0.25) is 0 Å². The Balaban J connectivity index is 1.09. The van der Waals surface area contributed by atoms with Crippen molar-refractivity contribution in [2.45, 2.75) is 0 Å². The minimum Gasteiger partial charge on any atom is -0.310 e. The molecule has 0 radical (unpaired) electrons. The van der Waals surface area contributed by atoms with Crippen LogP contribution in [0.5, 0.6) is 0 Å². The summed E-state index contributed by atoms with van der Waals surface area (Å²) in [7, 11) is 0. The summed E-state index contributed by atoms with van der Waals surface area (Å²) < 4.78 is 2.50. The lowest BCUT2D eigenvalue weighted by molar-refractivity contribution is 1.20. The first kappa shape index (κ1) is 31.0. The molecule has 0 saturated heterocycles. The van der Waals surface area contributed by atoms with E-state index in [9.17, 15) is 0 Å². The zero-order valence-corrected chi connectivity index (χ0v) is 30.5. The molecule has 0 atom stereocenters. The van der Waals surface area contributed by atoms with E-state index in [0.29, 0.717) is 0 Å². The average Bonchev–Trinajstić information content (AvgIpc) is 3.59. The summed E-state index contributed by atoms with van der Waals surface area (Å²) in [6.45, 7) is 0. The monoisotopic (exact) mass is 710 g/mol. The van der Waals surface area contributed by atoms with Gasteiger partial charge in [0.05, 0.1) is 22.4 Å². The molecule has 1 aromatic heterocycles. The molecule has 0 unspecified atom stereocenters. The Morgan fingerprint density at radius 3 is 1.73 bits per heavy atom. The highest BCUT2D eigenvalue weighted by Crippen LogP contribution is 2.45. The number of nitrogens with zero attached hydrogens (tertiary/aromatic N) is 2. The molecule has 0 saturated carbocycles. The third kappa shape index (κ3) is 4.57. The Morgan fingerprint density at radius 1 is 0.304 bits per heavy atom. The number of benzene rings is 11. The molecule has 0 amide bonds. The Labute approximate surface area is 324 Å². The van der Waals surface area contributed by atoms with Crippen molar-refractivity contribution in [3.63, 3.8) is 0 Å². The highest BCUT2D eigenvalue weighted by Gasteiger charge is 2.21. The largest absolute Gasteiger partial charge is 0.310 e. The molecule has 0 aliphatic heterocycles. The Bertz CT molecular complexity index is 3440. The quantitative estimate of drug-likeness (QED) is 0.161. The van der Waals surface area contributed by atoms with Crippen molar-refractivity contribution in [2.75, 3.05) is 4.90 Å². The molecule has 260 valence electrons. The second-order valence-corrected chi connectivity index (χ2v) is 14.9. The van der Waals surface area contributed by atoms with Crippen molar-refractivity contribution < 1.29 is 0 Å². The van der Waals surface area contributed by atoms with Crippen molar-refractivity contribution in [2.24, 2.45) is 0 Å². The number of anilines is 3. The predicted octanol–water partition coefficient (Wildman–Crippen LogP) is 15.1. The molecule has 2 heteroatoms. The van der Waals surface area contributed by atoms with Crippen molar-refractivity contribution in [3.8, 4) is 16.8 Å². The lowest BCUT2D eigenvalue weighted by Gasteiger charge is -2.27. The number of para-hydroxylation sites is 1. The summed E-state index contributed by atoms with van der Waals surface area (Å²) in [6, 6.07) is 75.7. The molecule has 12 rings (SSSR count). The average molecular weight is 711 g/mol. The smallest absolute Gasteiger partial charge is 0.0553 e. The normalized spacial score (nSPS) is 11.9. The van der Waals surface area contributed by atoms with Crippen molar-refractivity contribution in [1.82, 2.24) is 4.57 Å². The summed E-state index contributed by atoms with van der Waals surface area (Å²) in [5.74, 6) is 0. The maximum absolute atomic E-state index is 2.50. The lowest BCUT2D eigenvalue weighted by Crippen LogP contribution is -2.10. The fourth-order valence-corrected chi connectivity index (χ4v) is 9.37. The van der Waals surface area contributed by atoms with Crippen LogP contribution in [0.15, 0.2) is 206 Å². The van der Waals surface area contributed by atoms with Gasteiger partial charge in [-0.1, -0.05) is 152 Å². The maximum atomic E-state index is 2.50. The fraction of sp³-hybridized carbons (Fsp3) is 0. The van der Waals surface area contributed by atoms with Crippen LogP contribution in [0.1, 0.15) is 0 Å². The summed E-state index contributed by atoms with van der Waals surface area (Å²) in [6.07, 6.45) is 0. The van der Waals surface area contributed by atoms with Gasteiger partial charge in [0, 0.05) is 32.9 Å². The topological polar surface area (TPSA) is 8.17 Å². The molecular formula is C54H34N2. The highest BCUT2D eigenvalue weighted by molar-refractivity contribution is 6.33. The number of aromatic nitrogens is 1. The summed E-state index contributed by atoms with van der Waals surface area (Å²) >= 11 is 0. The van der Waals surface area contributed by atoms with Gasteiger partial charge in [0.25, 0.3) is 0 Å². The van der Waals surface area contributed by atoms with Gasteiger partial charge in [0.2, 0.25) is 0 Å². The van der Waals surface area contributed by atoms with Gasteiger partial charge in [-0.15, -0.1) is 0 Å². The van der Waals surface area contributed by atoms with Crippen LogP contribution in [0.3, 0.4) is 0 Å². The predicted molar refractivity (Wildman–Crippen MR) is 240 cm³/mol. The molecule has 0 aliphatic carbocycles. The van der Waals surface area contributed by atoms with E-state index >= 15 is 0 Å². The number of hydrogen-bond donors (Lipinski definition) is 0. The van der Waals surface area contributed by atoms with E-state index in [1.54, 1.807) is 0 Å². The third-order valence-electron chi connectivity index (χ3n) is 11.9. The van der Waals surface area contributed by atoms with E-state index < -0.39 is 0 Å². The first-order valence-corrected chi connectivity index (χ1v) is 19.3. The number of rotatable bonds is 5. The summed E-state index contributed by atoms with van der Waals surface area (Å²) in [4.78, 5) is 2.37. The molecule has 11 aromatic carbocycles. The minimum absolute atomic E-state index is 1.12. The van der Waals surface area contributed by atoms with E-state index in [2.05, 4.69) is 216 Å². The van der Waals surface area contributed by atoms with Gasteiger partial charge >= 0.3 is 0 Å². The van der Waals surface area contributed by atoms with E-state index in [1.165, 1.54) is 92.5 Å². The molecule has 1 heterocycles. The second kappa shape index (κ2) is 12.0. The van der Waals surface area contributed by atoms with Crippen LogP contribution in [-0.4, -0.2) is 4.57 Å². The van der Waals surface area contributed by atoms with Gasteiger partial charge in [-0.25, -0.2) is 0 Å². The molecule has 0 spiro atoms. The zero-order chi connectivity index (χ0) is 36.7. The van der Waals surface area contributed by atoms with E-state index in [0.717, 1.165) is 17.1 Å². The van der Waals surface area contributed by atoms with Crippen molar-refractivity contribution >= 4 is 92.7 Å². The van der Waals surface area contributed by atoms with Crippen LogP contribution in [-0.2, 0) is 0 Å². The molecule has 2 nitrogen and oxygen atoms in total. The SMILES string of the molecule is c1ccc(N(c2ccc(-c3ccc4c(c3)c3c5ccc6cccc7ccc(cc3n4-c3cccc4ccccc34)c5c76)cc2)c2cccc3ccccc23)cc1. The van der Waals surface area contributed by atoms with Gasteiger partial charge < -0.3 is 9.47 Å². The molecular weight excluding hydrogens is 677 g/mol. The third-order valence-corrected chi connectivity index (χ3v) is 11.9. The number of hydrogen-bond acceptors (Lipinski definition) is 1. The van der Waals surface area contributed by atoms with Crippen LogP contribution in [0.25, 0.3) is 92.5 Å². The van der Waals surface area contributed by atoms with Crippen LogP contribution in [0, 0.1) is 0 Å². The Morgan fingerprint density at radius 2 is 0.911 bits per heavy atom. The number of fused-ring (bicyclic) bond motifs is 6. The van der Waals surface area contributed by atoms with E-state index in [4.69, 9.17) is 0 Å². The van der Waals surface area contributed by atoms with E-state index in [1.807, 2.05) is 0 Å². The molecule has 0 N–H and O–H groups in total. The maximum Gasteiger partial charge on any atom is 0.0553 e. The van der Waals surface area contributed by atoms with Gasteiger partial charge in [-0.3, -0.25) is 0 Å². The summed E-state index contributed by atoms with van der Waals surface area (Å²) in [5.41, 5.74) is 9.42. The van der Waals surface area contributed by atoms with Crippen LogP contribution in [0.4, 0.5) is 17.1 Å². The van der Waals surface area contributed by atoms with Crippen LogP contribution < -0.4 is 4.90 Å². The highest BCUT2D eigenvalue weighted by atomic mass is 15.1. The van der Waals surface area contributed by atoms with Gasteiger partial charge in [0.1, 0.15) is 0 Å². The first-order valence-electron chi connectivity index (χ1n) is 19.3. The van der Waals surface area contributed by atoms with Crippen molar-refractivity contribution in [3.05, 3.63) is 206 Å². The minimum atomic E-state index is 1.12. The molecule has 0 fully saturated rings.